The highest BCUT2D eigenvalue weighted by atomic mass is 32.2. The minimum atomic E-state index is -1.12. The molecule has 0 spiro atoms. The second kappa shape index (κ2) is 11.5. The second-order valence-electron chi connectivity index (χ2n) is 7.36. The van der Waals surface area contributed by atoms with Crippen LogP contribution in [0.1, 0.15) is 23.5 Å². The lowest BCUT2D eigenvalue weighted by molar-refractivity contribution is -0.139. The summed E-state index contributed by atoms with van der Waals surface area (Å²) in [6, 6.07) is 16.2. The summed E-state index contributed by atoms with van der Waals surface area (Å²) in [5.74, 6) is -0.773. The third kappa shape index (κ3) is 6.48. The van der Waals surface area contributed by atoms with Crippen molar-refractivity contribution in [3.8, 4) is 11.1 Å². The highest BCUT2D eigenvalue weighted by molar-refractivity contribution is 7.99. The summed E-state index contributed by atoms with van der Waals surface area (Å²) >= 11 is 1.31. The lowest BCUT2D eigenvalue weighted by Crippen LogP contribution is -2.34. The number of nitrogens with one attached hydrogen (secondary N) is 2. The Morgan fingerprint density at radius 1 is 1.00 bits per heavy atom. The zero-order chi connectivity index (χ0) is 22.9. The summed E-state index contributed by atoms with van der Waals surface area (Å²) in [4.78, 5) is 34.2. The smallest absolute Gasteiger partial charge is 0.407 e. The van der Waals surface area contributed by atoms with Crippen molar-refractivity contribution in [1.29, 1.82) is 0 Å². The second-order valence-corrected chi connectivity index (χ2v) is 8.47. The summed E-state index contributed by atoms with van der Waals surface area (Å²) in [6.07, 6.45) is -2.04. The van der Waals surface area contributed by atoms with Gasteiger partial charge in [-0.05, 0) is 22.3 Å². The molecule has 0 fully saturated rings. The molecule has 2 aromatic carbocycles. The van der Waals surface area contributed by atoms with E-state index < -0.39 is 24.6 Å². The number of carboxylic acids is 1. The van der Waals surface area contributed by atoms with Crippen molar-refractivity contribution >= 4 is 29.7 Å². The highest BCUT2D eigenvalue weighted by Gasteiger charge is 2.28. The van der Waals surface area contributed by atoms with E-state index in [1.54, 1.807) is 0 Å². The van der Waals surface area contributed by atoms with E-state index in [0.29, 0.717) is 12.3 Å². The normalized spacial score (nSPS) is 13.0. The Labute approximate surface area is 190 Å². The fourth-order valence-electron chi connectivity index (χ4n) is 3.60. The molecule has 1 aliphatic rings. The van der Waals surface area contributed by atoms with Crippen LogP contribution in [0.4, 0.5) is 4.79 Å². The van der Waals surface area contributed by atoms with Gasteiger partial charge in [0.25, 0.3) is 0 Å². The van der Waals surface area contributed by atoms with E-state index in [2.05, 4.69) is 34.9 Å². The number of aliphatic hydroxyl groups excluding tert-OH is 1. The molecule has 0 aromatic heterocycles. The number of carboxylic acid groups (broad SMARTS) is 1. The maximum atomic E-state index is 12.1. The first-order chi connectivity index (χ1) is 15.5. The number of carbonyl (C=O) groups excluding carboxylic acids is 2. The molecule has 1 atom stereocenters. The first kappa shape index (κ1) is 23.6. The summed E-state index contributed by atoms with van der Waals surface area (Å²) in [7, 11) is 0. The molecule has 2 aromatic rings. The third-order valence-corrected chi connectivity index (χ3v) is 6.00. The number of aliphatic carboxylic acids is 1. The maximum Gasteiger partial charge on any atom is 0.407 e. The first-order valence-corrected chi connectivity index (χ1v) is 11.4. The molecular formula is C23H26N2O6S. The molecule has 0 heterocycles. The number of ether oxygens (including phenoxy) is 1. The lowest BCUT2D eigenvalue weighted by atomic mass is 9.98. The molecule has 0 radical (unpaired) electrons. The quantitative estimate of drug-likeness (QED) is 0.381. The number of carbonyl (C=O) groups is 3. The molecule has 8 nitrogen and oxygen atoms in total. The van der Waals surface area contributed by atoms with E-state index in [9.17, 15) is 19.5 Å². The first-order valence-electron chi connectivity index (χ1n) is 10.3. The van der Waals surface area contributed by atoms with Crippen molar-refractivity contribution in [3.63, 3.8) is 0 Å². The van der Waals surface area contributed by atoms with Crippen LogP contribution in [0.15, 0.2) is 48.5 Å². The number of amides is 2. The Hall–Kier alpha value is -3.04. The summed E-state index contributed by atoms with van der Waals surface area (Å²) in [5, 5.41) is 23.1. The van der Waals surface area contributed by atoms with Gasteiger partial charge in [-0.1, -0.05) is 48.5 Å². The molecule has 0 aliphatic heterocycles. The standard InChI is InChI=1S/C23H26N2O6S/c26-15(11-22(28)29)12-25-21(27)14-32-10-9-24-23(30)31-13-20-18-7-3-1-5-16(18)17-6-2-4-8-19(17)20/h1-8,15,20,26H,9-14H2,(H,24,30)(H,25,27)(H,28,29). The van der Waals surface area contributed by atoms with Crippen molar-refractivity contribution in [2.24, 2.45) is 0 Å². The molecular weight excluding hydrogens is 432 g/mol. The van der Waals surface area contributed by atoms with E-state index in [0.717, 1.165) is 11.1 Å². The van der Waals surface area contributed by atoms with Crippen molar-refractivity contribution in [2.45, 2.75) is 18.4 Å². The third-order valence-electron chi connectivity index (χ3n) is 5.04. The minimum absolute atomic E-state index is 0.00250. The van der Waals surface area contributed by atoms with E-state index in [1.165, 1.54) is 22.9 Å². The number of hydrogen-bond donors (Lipinski definition) is 4. The van der Waals surface area contributed by atoms with Crippen molar-refractivity contribution < 1.29 is 29.3 Å². The van der Waals surface area contributed by atoms with Crippen molar-refractivity contribution in [2.75, 3.05) is 31.2 Å². The van der Waals surface area contributed by atoms with Crippen molar-refractivity contribution in [3.05, 3.63) is 59.7 Å². The average Bonchev–Trinajstić information content (AvgIpc) is 3.09. The molecule has 2 amide bonds. The molecule has 0 saturated heterocycles. The molecule has 3 rings (SSSR count). The molecule has 1 aliphatic carbocycles. The Bertz CT molecular complexity index is 922. The monoisotopic (exact) mass is 458 g/mol. The topological polar surface area (TPSA) is 125 Å². The Morgan fingerprint density at radius 2 is 1.62 bits per heavy atom. The number of rotatable bonds is 11. The van der Waals surface area contributed by atoms with Crippen LogP contribution in [0.2, 0.25) is 0 Å². The van der Waals surface area contributed by atoms with E-state index in [1.807, 2.05) is 24.3 Å². The number of benzene rings is 2. The molecule has 9 heteroatoms. The van der Waals surface area contributed by atoms with Gasteiger partial charge in [-0.25, -0.2) is 4.79 Å². The van der Waals surface area contributed by atoms with Gasteiger partial charge in [0, 0.05) is 24.8 Å². The van der Waals surface area contributed by atoms with Gasteiger partial charge in [0.05, 0.1) is 18.3 Å². The number of alkyl carbamates (subject to hydrolysis) is 1. The Kier molecular flexibility index (Phi) is 8.52. The van der Waals surface area contributed by atoms with Gasteiger partial charge in [-0.15, -0.1) is 0 Å². The number of aliphatic hydroxyl groups is 1. The molecule has 4 N–H and O–H groups in total. The van der Waals surface area contributed by atoms with Crippen LogP contribution in [0, 0.1) is 0 Å². The summed E-state index contributed by atoms with van der Waals surface area (Å²) in [5.41, 5.74) is 4.64. The summed E-state index contributed by atoms with van der Waals surface area (Å²) < 4.78 is 5.45. The lowest BCUT2D eigenvalue weighted by Gasteiger charge is -2.14. The van der Waals surface area contributed by atoms with Crippen LogP contribution in [0.25, 0.3) is 11.1 Å². The predicted molar refractivity (Wildman–Crippen MR) is 122 cm³/mol. The number of thioether (sulfide) groups is 1. The van der Waals surface area contributed by atoms with E-state index in [4.69, 9.17) is 9.84 Å². The van der Waals surface area contributed by atoms with Gasteiger partial charge in [0.1, 0.15) is 6.61 Å². The average molecular weight is 459 g/mol. The summed E-state index contributed by atoms with van der Waals surface area (Å²) in [6.45, 7) is 0.480. The predicted octanol–water partition coefficient (Wildman–Crippen LogP) is 2.21. The largest absolute Gasteiger partial charge is 0.481 e. The van der Waals surface area contributed by atoms with Crippen LogP contribution in [-0.2, 0) is 14.3 Å². The molecule has 1 unspecified atom stereocenters. The van der Waals surface area contributed by atoms with E-state index >= 15 is 0 Å². The zero-order valence-corrected chi connectivity index (χ0v) is 18.3. The van der Waals surface area contributed by atoms with Gasteiger partial charge >= 0.3 is 12.1 Å². The van der Waals surface area contributed by atoms with Crippen LogP contribution >= 0.6 is 11.8 Å². The van der Waals surface area contributed by atoms with E-state index in [-0.39, 0.29) is 30.7 Å². The Balaban J connectivity index is 1.33. The molecule has 170 valence electrons. The number of fused-ring (bicyclic) bond motifs is 3. The molecule has 32 heavy (non-hydrogen) atoms. The highest BCUT2D eigenvalue weighted by Crippen LogP contribution is 2.44. The van der Waals surface area contributed by atoms with Gasteiger partial charge in [0.15, 0.2) is 0 Å². The van der Waals surface area contributed by atoms with Crippen LogP contribution in [0.5, 0.6) is 0 Å². The fraction of sp³-hybridized carbons (Fsp3) is 0.348. The number of hydrogen-bond acceptors (Lipinski definition) is 6. The van der Waals surface area contributed by atoms with Crippen LogP contribution in [-0.4, -0.2) is 65.5 Å². The Morgan fingerprint density at radius 3 is 2.25 bits per heavy atom. The fourth-order valence-corrected chi connectivity index (χ4v) is 4.27. The van der Waals surface area contributed by atoms with Gasteiger partial charge < -0.3 is 25.6 Å². The van der Waals surface area contributed by atoms with Gasteiger partial charge in [-0.2, -0.15) is 11.8 Å². The van der Waals surface area contributed by atoms with Gasteiger partial charge in [0.2, 0.25) is 5.91 Å². The van der Waals surface area contributed by atoms with Crippen LogP contribution in [0.3, 0.4) is 0 Å². The molecule has 0 saturated carbocycles. The SMILES string of the molecule is O=C(O)CC(O)CNC(=O)CSCCNC(=O)OCC1c2ccccc2-c2ccccc21. The van der Waals surface area contributed by atoms with Gasteiger partial charge in [-0.3, -0.25) is 9.59 Å². The minimum Gasteiger partial charge on any atom is -0.481 e. The van der Waals surface area contributed by atoms with Crippen molar-refractivity contribution in [1.82, 2.24) is 10.6 Å². The maximum absolute atomic E-state index is 12.1. The van der Waals surface area contributed by atoms with Crippen LogP contribution < -0.4 is 10.6 Å². The molecule has 0 bridgehead atoms. The zero-order valence-electron chi connectivity index (χ0n) is 17.5.